The summed E-state index contributed by atoms with van der Waals surface area (Å²) in [4.78, 5) is 22.8. The van der Waals surface area contributed by atoms with Crippen LogP contribution in [0, 0.1) is 10.1 Å². The number of hydrogen-bond acceptors (Lipinski definition) is 5. The lowest BCUT2D eigenvalue weighted by molar-refractivity contribution is -0.385. The van der Waals surface area contributed by atoms with Crippen molar-refractivity contribution < 1.29 is 19.2 Å². The first-order valence-corrected chi connectivity index (χ1v) is 6.93. The summed E-state index contributed by atoms with van der Waals surface area (Å²) in [7, 11) is 1.55. The molecular weight excluding hydrogens is 322 g/mol. The van der Waals surface area contributed by atoms with E-state index in [-0.39, 0.29) is 27.8 Å². The molecule has 0 fully saturated rings. The fourth-order valence-corrected chi connectivity index (χ4v) is 2.44. The molecule has 1 heterocycles. The molecule has 6 nitrogen and oxygen atoms in total. The number of nitro benzene ring substituents is 1. The number of nitrogens with zero attached hydrogens (tertiary/aromatic N) is 1. The molecule has 3 rings (SSSR count). The number of methoxy groups -OCH3 is 1. The Morgan fingerprint density at radius 3 is 2.57 bits per heavy atom. The van der Waals surface area contributed by atoms with Gasteiger partial charge in [0.05, 0.1) is 17.6 Å². The molecule has 0 unspecified atom stereocenters. The average molecular weight is 332 g/mol. The maximum Gasteiger partial charge on any atom is 0.313 e. The Balaban J connectivity index is 2.01. The lowest BCUT2D eigenvalue weighted by atomic mass is 10.1. The molecule has 23 heavy (non-hydrogen) atoms. The Hall–Kier alpha value is -2.86. The highest BCUT2D eigenvalue weighted by Crippen LogP contribution is 2.41. The third-order valence-electron chi connectivity index (χ3n) is 3.32. The first-order valence-electron chi connectivity index (χ1n) is 6.56. The van der Waals surface area contributed by atoms with Crippen molar-refractivity contribution in [2.24, 2.45) is 0 Å². The van der Waals surface area contributed by atoms with Crippen LogP contribution in [0.3, 0.4) is 0 Å². The van der Waals surface area contributed by atoms with Crippen LogP contribution in [0.15, 0.2) is 42.2 Å². The molecule has 0 atom stereocenters. The fraction of sp³-hybridized carbons (Fsp3) is 0.0625. The van der Waals surface area contributed by atoms with Gasteiger partial charge in [-0.25, -0.2) is 0 Å². The first kappa shape index (κ1) is 15.1. The van der Waals surface area contributed by atoms with Crippen LogP contribution in [0.1, 0.15) is 15.9 Å². The Kier molecular flexibility index (Phi) is 3.75. The maximum atomic E-state index is 12.4. The fourth-order valence-electron chi connectivity index (χ4n) is 2.23. The van der Waals surface area contributed by atoms with Crippen LogP contribution >= 0.6 is 11.6 Å². The zero-order valence-corrected chi connectivity index (χ0v) is 12.7. The molecule has 0 N–H and O–H groups in total. The number of ether oxygens (including phenoxy) is 2. The number of Topliss-reactive ketones (excluding diaryl/α,β-unsaturated/α-hetero) is 1. The Labute approximate surface area is 136 Å². The van der Waals surface area contributed by atoms with E-state index >= 15 is 0 Å². The first-order chi connectivity index (χ1) is 11.0. The second-order valence-corrected chi connectivity index (χ2v) is 5.21. The van der Waals surface area contributed by atoms with Crippen molar-refractivity contribution in [3.63, 3.8) is 0 Å². The lowest BCUT2D eigenvalue weighted by Gasteiger charge is -2.01. The highest BCUT2D eigenvalue weighted by atomic mass is 35.5. The molecule has 2 aromatic rings. The summed E-state index contributed by atoms with van der Waals surface area (Å²) >= 11 is 5.83. The van der Waals surface area contributed by atoms with Crippen molar-refractivity contribution >= 4 is 29.1 Å². The van der Waals surface area contributed by atoms with E-state index in [9.17, 15) is 14.9 Å². The quantitative estimate of drug-likeness (QED) is 0.484. The zero-order valence-electron chi connectivity index (χ0n) is 11.9. The minimum atomic E-state index is -0.631. The van der Waals surface area contributed by atoms with Crippen LogP contribution in [0.4, 0.5) is 5.69 Å². The van der Waals surface area contributed by atoms with Gasteiger partial charge in [0.2, 0.25) is 11.5 Å². The Morgan fingerprint density at radius 2 is 1.96 bits per heavy atom. The number of fused-ring (bicyclic) bond motifs is 1. The molecule has 7 heteroatoms. The van der Waals surface area contributed by atoms with Gasteiger partial charge >= 0.3 is 5.69 Å². The Morgan fingerprint density at radius 1 is 1.26 bits per heavy atom. The van der Waals surface area contributed by atoms with Gasteiger partial charge in [0.25, 0.3) is 0 Å². The summed E-state index contributed by atoms with van der Waals surface area (Å²) in [6, 6.07) is 9.47. The molecule has 0 amide bonds. The summed E-state index contributed by atoms with van der Waals surface area (Å²) in [6.45, 7) is 0. The number of carbonyl (C=O) groups excluding carboxylic acids is 1. The number of allylic oxidation sites excluding steroid dienone is 1. The molecule has 2 aromatic carbocycles. The van der Waals surface area contributed by atoms with Crippen LogP contribution < -0.4 is 9.47 Å². The third kappa shape index (κ3) is 2.76. The van der Waals surface area contributed by atoms with Gasteiger partial charge in [-0.1, -0.05) is 23.7 Å². The highest BCUT2D eigenvalue weighted by molar-refractivity contribution is 6.32. The van der Waals surface area contributed by atoms with Gasteiger partial charge < -0.3 is 9.47 Å². The van der Waals surface area contributed by atoms with Gasteiger partial charge in [0.15, 0.2) is 5.76 Å². The van der Waals surface area contributed by atoms with E-state index in [1.54, 1.807) is 31.4 Å². The summed E-state index contributed by atoms with van der Waals surface area (Å²) in [5.74, 6) is 0.164. The smallest absolute Gasteiger partial charge is 0.313 e. The molecule has 0 saturated carbocycles. The number of hydrogen-bond donors (Lipinski definition) is 0. The largest absolute Gasteiger partial charge is 0.497 e. The van der Waals surface area contributed by atoms with Crippen molar-refractivity contribution in [3.8, 4) is 11.5 Å². The maximum absolute atomic E-state index is 12.4. The van der Waals surface area contributed by atoms with Crippen LogP contribution in [0.25, 0.3) is 6.08 Å². The predicted molar refractivity (Wildman–Crippen MR) is 84.0 cm³/mol. The summed E-state index contributed by atoms with van der Waals surface area (Å²) in [5.41, 5.74) is 0.457. The van der Waals surface area contributed by atoms with Crippen LogP contribution in [-0.2, 0) is 0 Å². The normalized spacial score (nSPS) is 14.5. The topological polar surface area (TPSA) is 78.7 Å². The lowest BCUT2D eigenvalue weighted by Crippen LogP contribution is -1.98. The standard InChI is InChI=1S/C16H10ClNO5/c1-22-11-4-2-9(3-5-11)6-14-15(19)12-7-10(17)8-13(18(20)21)16(12)23-14/h2-8H,1H3/b14-6-. The number of carbonyl (C=O) groups is 1. The number of benzene rings is 2. The number of ketones is 1. The number of halogens is 1. The van der Waals surface area contributed by atoms with Gasteiger partial charge in [0, 0.05) is 11.1 Å². The molecule has 0 aliphatic carbocycles. The van der Waals surface area contributed by atoms with E-state index < -0.39 is 10.7 Å². The average Bonchev–Trinajstić information content (AvgIpc) is 2.84. The molecule has 0 spiro atoms. The van der Waals surface area contributed by atoms with E-state index in [2.05, 4.69) is 0 Å². The van der Waals surface area contributed by atoms with Gasteiger partial charge in [0.1, 0.15) is 5.75 Å². The van der Waals surface area contributed by atoms with Crippen LogP contribution in [0.2, 0.25) is 5.02 Å². The van der Waals surface area contributed by atoms with Crippen molar-refractivity contribution in [2.75, 3.05) is 7.11 Å². The van der Waals surface area contributed by atoms with Crippen molar-refractivity contribution in [1.29, 1.82) is 0 Å². The minimum Gasteiger partial charge on any atom is -0.497 e. The third-order valence-corrected chi connectivity index (χ3v) is 3.54. The van der Waals surface area contributed by atoms with E-state index in [1.807, 2.05) is 0 Å². The highest BCUT2D eigenvalue weighted by Gasteiger charge is 2.34. The molecule has 116 valence electrons. The van der Waals surface area contributed by atoms with E-state index in [1.165, 1.54) is 12.1 Å². The predicted octanol–water partition coefficient (Wildman–Crippen LogP) is 3.87. The number of rotatable bonds is 3. The monoisotopic (exact) mass is 331 g/mol. The van der Waals surface area contributed by atoms with Crippen molar-refractivity contribution in [3.05, 3.63) is 68.4 Å². The Bertz CT molecular complexity index is 842. The second kappa shape index (κ2) is 5.73. The van der Waals surface area contributed by atoms with Crippen molar-refractivity contribution in [2.45, 2.75) is 0 Å². The summed E-state index contributed by atoms with van der Waals surface area (Å²) in [6.07, 6.45) is 1.51. The van der Waals surface area contributed by atoms with Crippen LogP contribution in [0.5, 0.6) is 11.5 Å². The van der Waals surface area contributed by atoms with Gasteiger partial charge in [-0.2, -0.15) is 0 Å². The summed E-state index contributed by atoms with van der Waals surface area (Å²) < 4.78 is 10.5. The van der Waals surface area contributed by atoms with Crippen molar-refractivity contribution in [1.82, 2.24) is 0 Å². The van der Waals surface area contributed by atoms with E-state index in [0.717, 1.165) is 6.07 Å². The van der Waals surface area contributed by atoms with Gasteiger partial charge in [-0.15, -0.1) is 0 Å². The SMILES string of the molecule is COc1ccc(/C=C2\Oc3c(cc(Cl)cc3[N+](=O)[O-])C2=O)cc1. The van der Waals surface area contributed by atoms with Gasteiger partial charge in [-0.05, 0) is 29.8 Å². The van der Waals surface area contributed by atoms with E-state index in [4.69, 9.17) is 21.1 Å². The van der Waals surface area contributed by atoms with Gasteiger partial charge in [-0.3, -0.25) is 14.9 Å². The number of nitro groups is 1. The second-order valence-electron chi connectivity index (χ2n) is 4.77. The molecular formula is C16H10ClNO5. The summed E-state index contributed by atoms with van der Waals surface area (Å²) in [5, 5.41) is 11.2. The molecule has 0 aromatic heterocycles. The van der Waals surface area contributed by atoms with Crippen LogP contribution in [-0.4, -0.2) is 17.8 Å². The molecule has 0 bridgehead atoms. The zero-order chi connectivity index (χ0) is 16.6. The molecule has 0 saturated heterocycles. The molecule has 1 aliphatic rings. The van der Waals surface area contributed by atoms with E-state index in [0.29, 0.717) is 11.3 Å². The molecule has 1 aliphatic heterocycles. The molecule has 0 radical (unpaired) electrons. The minimum absolute atomic E-state index is 0.00975.